The molecule has 18 heavy (non-hydrogen) atoms. The van der Waals surface area contributed by atoms with Gasteiger partial charge in [-0.15, -0.1) is 0 Å². The molecule has 1 aliphatic heterocycles. The Hall–Kier alpha value is -1.71. The monoisotopic (exact) mass is 245 g/mol. The Morgan fingerprint density at radius 1 is 1.39 bits per heavy atom. The second kappa shape index (κ2) is 3.90. The lowest BCUT2D eigenvalue weighted by molar-refractivity contribution is 0.207. The van der Waals surface area contributed by atoms with Crippen molar-refractivity contribution in [3.05, 3.63) is 29.3 Å². The normalized spacial score (nSPS) is 26.1. The van der Waals surface area contributed by atoms with Gasteiger partial charge in [0.2, 0.25) is 0 Å². The van der Waals surface area contributed by atoms with E-state index in [-0.39, 0.29) is 5.54 Å². The average Bonchev–Trinajstić information content (AvgIpc) is 2.67. The standard InChI is InChI=1S/C14H19N3O/c1-17-13(15)16-9-14(17)6-5-10-3-4-12(18-2)7-11(10)8-14/h3-4,7H,5-6,8-9H2,1-2H3,(H2,15,16). The molecule has 96 valence electrons. The lowest BCUT2D eigenvalue weighted by Gasteiger charge is -2.40. The van der Waals surface area contributed by atoms with E-state index in [9.17, 15) is 0 Å². The molecule has 1 unspecified atom stereocenters. The molecular formula is C14H19N3O. The zero-order valence-corrected chi connectivity index (χ0v) is 10.9. The van der Waals surface area contributed by atoms with Crippen LogP contribution in [0.4, 0.5) is 0 Å². The van der Waals surface area contributed by atoms with E-state index in [1.807, 2.05) is 6.07 Å². The van der Waals surface area contributed by atoms with Gasteiger partial charge in [0.25, 0.3) is 0 Å². The number of guanidine groups is 1. The zero-order valence-electron chi connectivity index (χ0n) is 10.9. The van der Waals surface area contributed by atoms with Gasteiger partial charge in [-0.1, -0.05) is 6.07 Å². The average molecular weight is 245 g/mol. The van der Waals surface area contributed by atoms with E-state index in [1.165, 1.54) is 11.1 Å². The predicted molar refractivity (Wildman–Crippen MR) is 72.0 cm³/mol. The van der Waals surface area contributed by atoms with Crippen LogP contribution in [0.3, 0.4) is 0 Å². The van der Waals surface area contributed by atoms with E-state index in [1.54, 1.807) is 7.11 Å². The second-order valence-electron chi connectivity index (χ2n) is 5.27. The molecule has 1 aromatic carbocycles. The summed E-state index contributed by atoms with van der Waals surface area (Å²) >= 11 is 0. The topological polar surface area (TPSA) is 50.9 Å². The van der Waals surface area contributed by atoms with Crippen molar-refractivity contribution in [3.63, 3.8) is 0 Å². The van der Waals surface area contributed by atoms with Gasteiger partial charge in [-0.25, -0.2) is 0 Å². The Kier molecular flexibility index (Phi) is 2.47. The highest BCUT2D eigenvalue weighted by molar-refractivity contribution is 5.80. The van der Waals surface area contributed by atoms with Crippen LogP contribution in [0.2, 0.25) is 0 Å². The molecule has 1 atom stereocenters. The van der Waals surface area contributed by atoms with Crippen molar-refractivity contribution in [1.29, 1.82) is 0 Å². The number of aryl methyl sites for hydroxylation is 1. The number of hydrogen-bond acceptors (Lipinski definition) is 4. The number of methoxy groups -OCH3 is 1. The molecular weight excluding hydrogens is 226 g/mol. The zero-order chi connectivity index (χ0) is 12.8. The molecule has 0 amide bonds. The molecule has 0 saturated carbocycles. The Morgan fingerprint density at radius 2 is 2.22 bits per heavy atom. The molecule has 1 aliphatic carbocycles. The van der Waals surface area contributed by atoms with E-state index in [0.717, 1.165) is 31.6 Å². The number of rotatable bonds is 1. The Labute approximate surface area is 107 Å². The lowest BCUT2D eigenvalue weighted by atomic mass is 9.77. The molecule has 1 heterocycles. The summed E-state index contributed by atoms with van der Waals surface area (Å²) in [6, 6.07) is 6.37. The second-order valence-corrected chi connectivity index (χ2v) is 5.27. The first kappa shape index (κ1) is 11.4. The van der Waals surface area contributed by atoms with Gasteiger partial charge in [-0.05, 0) is 42.5 Å². The number of hydrogen-bond donors (Lipinski definition) is 1. The van der Waals surface area contributed by atoms with E-state index in [4.69, 9.17) is 10.5 Å². The number of fused-ring (bicyclic) bond motifs is 1. The van der Waals surface area contributed by atoms with Crippen molar-refractivity contribution < 1.29 is 4.74 Å². The molecule has 0 fully saturated rings. The fraction of sp³-hybridized carbons (Fsp3) is 0.500. The van der Waals surface area contributed by atoms with Gasteiger partial charge >= 0.3 is 0 Å². The largest absolute Gasteiger partial charge is 0.497 e. The molecule has 3 rings (SSSR count). The van der Waals surface area contributed by atoms with Gasteiger partial charge in [0.15, 0.2) is 5.96 Å². The first-order valence-corrected chi connectivity index (χ1v) is 6.34. The minimum Gasteiger partial charge on any atom is -0.497 e. The van der Waals surface area contributed by atoms with Crippen LogP contribution in [-0.4, -0.2) is 37.1 Å². The fourth-order valence-corrected chi connectivity index (χ4v) is 3.05. The third-order valence-corrected chi connectivity index (χ3v) is 4.38. The van der Waals surface area contributed by atoms with Crippen LogP contribution in [0.1, 0.15) is 17.5 Å². The summed E-state index contributed by atoms with van der Waals surface area (Å²) in [5, 5.41) is 0. The summed E-state index contributed by atoms with van der Waals surface area (Å²) in [5.74, 6) is 1.60. The van der Waals surface area contributed by atoms with Crippen molar-refractivity contribution in [2.24, 2.45) is 10.7 Å². The van der Waals surface area contributed by atoms with Crippen LogP contribution >= 0.6 is 0 Å². The number of benzene rings is 1. The van der Waals surface area contributed by atoms with Gasteiger partial charge in [0.1, 0.15) is 5.75 Å². The SMILES string of the molecule is COc1ccc2c(c1)CC1(CC2)CN=C(N)N1C. The molecule has 2 aliphatic rings. The van der Waals surface area contributed by atoms with E-state index >= 15 is 0 Å². The van der Waals surface area contributed by atoms with Crippen LogP contribution in [0.5, 0.6) is 5.75 Å². The van der Waals surface area contributed by atoms with Crippen molar-refractivity contribution in [1.82, 2.24) is 4.90 Å². The highest BCUT2D eigenvalue weighted by atomic mass is 16.5. The fourth-order valence-electron chi connectivity index (χ4n) is 3.05. The van der Waals surface area contributed by atoms with Crippen LogP contribution < -0.4 is 10.5 Å². The van der Waals surface area contributed by atoms with Crippen LogP contribution in [0, 0.1) is 0 Å². The number of ether oxygens (including phenoxy) is 1. The van der Waals surface area contributed by atoms with Gasteiger partial charge in [-0.2, -0.15) is 0 Å². The Bertz CT molecular complexity index is 512. The third-order valence-electron chi connectivity index (χ3n) is 4.38. The Balaban J connectivity index is 1.93. The summed E-state index contributed by atoms with van der Waals surface area (Å²) in [7, 11) is 3.76. The molecule has 0 saturated heterocycles. The number of nitrogens with zero attached hydrogens (tertiary/aromatic N) is 2. The third kappa shape index (κ3) is 1.55. The smallest absolute Gasteiger partial charge is 0.191 e. The summed E-state index contributed by atoms with van der Waals surface area (Å²) in [6.07, 6.45) is 3.21. The summed E-state index contributed by atoms with van der Waals surface area (Å²) in [5.41, 5.74) is 8.80. The molecule has 0 radical (unpaired) electrons. The predicted octanol–water partition coefficient (Wildman–Crippen LogP) is 1.18. The van der Waals surface area contributed by atoms with Crippen molar-refractivity contribution in [2.45, 2.75) is 24.8 Å². The van der Waals surface area contributed by atoms with Crippen LogP contribution in [-0.2, 0) is 12.8 Å². The van der Waals surface area contributed by atoms with E-state index in [2.05, 4.69) is 29.1 Å². The van der Waals surface area contributed by atoms with E-state index in [0.29, 0.717) is 5.96 Å². The molecule has 1 spiro atoms. The molecule has 0 aromatic heterocycles. The van der Waals surface area contributed by atoms with Crippen molar-refractivity contribution in [3.8, 4) is 5.75 Å². The number of aliphatic imine (C=N–C) groups is 1. The maximum Gasteiger partial charge on any atom is 0.191 e. The lowest BCUT2D eigenvalue weighted by Crippen LogP contribution is -2.52. The first-order valence-electron chi connectivity index (χ1n) is 6.34. The van der Waals surface area contributed by atoms with Crippen LogP contribution in [0.25, 0.3) is 0 Å². The molecule has 4 nitrogen and oxygen atoms in total. The van der Waals surface area contributed by atoms with Gasteiger partial charge in [0, 0.05) is 7.05 Å². The summed E-state index contributed by atoms with van der Waals surface area (Å²) in [4.78, 5) is 6.55. The highest BCUT2D eigenvalue weighted by Crippen LogP contribution is 2.36. The maximum atomic E-state index is 5.91. The van der Waals surface area contributed by atoms with Gasteiger partial charge < -0.3 is 15.4 Å². The van der Waals surface area contributed by atoms with Gasteiger partial charge in [-0.3, -0.25) is 4.99 Å². The Morgan fingerprint density at radius 3 is 2.89 bits per heavy atom. The number of likely N-dealkylation sites (N-methyl/N-ethyl adjacent to an activating group) is 1. The molecule has 1 aromatic rings. The molecule has 4 heteroatoms. The molecule has 0 bridgehead atoms. The highest BCUT2D eigenvalue weighted by Gasteiger charge is 2.42. The van der Waals surface area contributed by atoms with Crippen LogP contribution in [0.15, 0.2) is 23.2 Å². The summed E-state index contributed by atoms with van der Waals surface area (Å²) in [6.45, 7) is 0.811. The maximum absolute atomic E-state index is 5.91. The van der Waals surface area contributed by atoms with Crippen molar-refractivity contribution in [2.75, 3.05) is 20.7 Å². The van der Waals surface area contributed by atoms with E-state index < -0.39 is 0 Å². The molecule has 2 N–H and O–H groups in total. The van der Waals surface area contributed by atoms with Crippen molar-refractivity contribution >= 4 is 5.96 Å². The first-order chi connectivity index (χ1) is 8.64. The van der Waals surface area contributed by atoms with Gasteiger partial charge in [0.05, 0.1) is 19.2 Å². The minimum absolute atomic E-state index is 0.0868. The summed E-state index contributed by atoms with van der Waals surface area (Å²) < 4.78 is 5.31. The minimum atomic E-state index is 0.0868. The quantitative estimate of drug-likeness (QED) is 0.808. The number of nitrogens with two attached hydrogens (primary N) is 1.